The van der Waals surface area contributed by atoms with Crippen molar-refractivity contribution in [2.24, 2.45) is 5.41 Å². The number of rotatable bonds is 1. The van der Waals surface area contributed by atoms with E-state index in [1.165, 1.54) is 9.58 Å². The van der Waals surface area contributed by atoms with Crippen molar-refractivity contribution < 1.29 is 18.0 Å². The molecule has 8 heteroatoms. The molecule has 0 bridgehead atoms. The molecule has 0 radical (unpaired) electrons. The monoisotopic (exact) mass is 290 g/mol. The summed E-state index contributed by atoms with van der Waals surface area (Å²) in [5, 5.41) is 3.43. The Bertz CT molecular complexity index is 516. The summed E-state index contributed by atoms with van der Waals surface area (Å²) in [5.74, 6) is -1.02. The lowest BCUT2D eigenvalue weighted by molar-refractivity contribution is -0.145. The van der Waals surface area contributed by atoms with E-state index in [-0.39, 0.29) is 30.2 Å². The van der Waals surface area contributed by atoms with Crippen molar-refractivity contribution in [3.05, 3.63) is 11.6 Å². The van der Waals surface area contributed by atoms with Gasteiger partial charge in [0.15, 0.2) is 0 Å². The molecule has 1 aliphatic heterocycles. The van der Waals surface area contributed by atoms with Gasteiger partial charge in [0.1, 0.15) is 5.82 Å². The fourth-order valence-electron chi connectivity index (χ4n) is 2.03. The molecule has 0 atom stereocenters. The average molecular weight is 290 g/mol. The maximum absolute atomic E-state index is 12.5. The third-order valence-electron chi connectivity index (χ3n) is 2.95. The van der Waals surface area contributed by atoms with Crippen LogP contribution in [-0.4, -0.2) is 32.1 Å². The van der Waals surface area contributed by atoms with Crippen molar-refractivity contribution in [3.8, 4) is 0 Å². The van der Waals surface area contributed by atoms with Crippen LogP contribution in [0, 0.1) is 5.41 Å². The molecule has 20 heavy (non-hydrogen) atoms. The molecule has 1 aromatic rings. The number of carbonyl (C=O) groups excluding carboxylic acids is 1. The van der Waals surface area contributed by atoms with E-state index >= 15 is 0 Å². The first kappa shape index (κ1) is 14.8. The maximum Gasteiger partial charge on any atom is 0.453 e. The minimum Gasteiger partial charge on any atom is -0.333 e. The van der Waals surface area contributed by atoms with E-state index < -0.39 is 12.0 Å². The highest BCUT2D eigenvalue weighted by Gasteiger charge is 2.38. The van der Waals surface area contributed by atoms with E-state index in [0.717, 1.165) is 0 Å². The highest BCUT2D eigenvalue weighted by Crippen LogP contribution is 2.27. The van der Waals surface area contributed by atoms with Crippen molar-refractivity contribution in [2.45, 2.75) is 46.5 Å². The van der Waals surface area contributed by atoms with Gasteiger partial charge >= 0.3 is 6.18 Å². The van der Waals surface area contributed by atoms with Crippen molar-refractivity contribution >= 4 is 5.91 Å². The first-order valence-corrected chi connectivity index (χ1v) is 6.35. The van der Waals surface area contributed by atoms with Crippen LogP contribution in [0.15, 0.2) is 0 Å². The van der Waals surface area contributed by atoms with Crippen LogP contribution in [0.2, 0.25) is 0 Å². The van der Waals surface area contributed by atoms with E-state index in [1.807, 2.05) is 20.8 Å². The Labute approximate surface area is 114 Å². The smallest absolute Gasteiger partial charge is 0.333 e. The Morgan fingerprint density at radius 1 is 1.25 bits per heavy atom. The Morgan fingerprint density at radius 3 is 2.45 bits per heavy atom. The van der Waals surface area contributed by atoms with Gasteiger partial charge in [-0.25, -0.2) is 9.67 Å². The van der Waals surface area contributed by atoms with Gasteiger partial charge in [-0.15, -0.1) is 5.10 Å². The summed E-state index contributed by atoms with van der Waals surface area (Å²) in [5.41, 5.74) is -0.153. The predicted octanol–water partition coefficient (Wildman–Crippen LogP) is 2.08. The van der Waals surface area contributed by atoms with E-state index in [0.29, 0.717) is 13.0 Å². The maximum atomic E-state index is 12.5. The lowest BCUT2D eigenvalue weighted by Crippen LogP contribution is -2.40. The second kappa shape index (κ2) is 4.75. The second-order valence-corrected chi connectivity index (χ2v) is 6.13. The predicted molar refractivity (Wildman–Crippen MR) is 64.5 cm³/mol. The molecule has 0 N–H and O–H groups in total. The Kier molecular flexibility index (Phi) is 3.51. The van der Waals surface area contributed by atoms with Gasteiger partial charge in [0, 0.05) is 13.0 Å². The lowest BCUT2D eigenvalue weighted by atomic mass is 9.91. The van der Waals surface area contributed by atoms with Crippen LogP contribution in [0.3, 0.4) is 0 Å². The summed E-state index contributed by atoms with van der Waals surface area (Å²) < 4.78 is 38.8. The van der Waals surface area contributed by atoms with E-state index in [1.54, 1.807) is 0 Å². The lowest BCUT2D eigenvalue weighted by Gasteiger charge is -2.29. The van der Waals surface area contributed by atoms with Crippen molar-refractivity contribution in [3.63, 3.8) is 0 Å². The number of amides is 1. The van der Waals surface area contributed by atoms with Crippen LogP contribution in [0.5, 0.6) is 0 Å². The molecule has 112 valence electrons. The Hall–Kier alpha value is -1.60. The first-order chi connectivity index (χ1) is 9.06. The summed E-state index contributed by atoms with van der Waals surface area (Å²) in [7, 11) is 0. The van der Waals surface area contributed by atoms with Crippen molar-refractivity contribution in [2.75, 3.05) is 6.54 Å². The van der Waals surface area contributed by atoms with E-state index in [4.69, 9.17) is 0 Å². The molecule has 2 rings (SSSR count). The zero-order chi connectivity index (χ0) is 15.1. The molecule has 0 saturated carbocycles. The molecule has 0 unspecified atom stereocenters. The van der Waals surface area contributed by atoms with Crippen molar-refractivity contribution in [1.29, 1.82) is 0 Å². The quantitative estimate of drug-likeness (QED) is 0.795. The fourth-order valence-corrected chi connectivity index (χ4v) is 2.03. The van der Waals surface area contributed by atoms with Crippen LogP contribution in [0.1, 0.15) is 38.8 Å². The van der Waals surface area contributed by atoms with E-state index in [2.05, 4.69) is 10.1 Å². The molecule has 1 aliphatic rings. The number of hydrogen-bond acceptors (Lipinski definition) is 3. The van der Waals surface area contributed by atoms with Gasteiger partial charge in [0.25, 0.3) is 5.82 Å². The van der Waals surface area contributed by atoms with Crippen LogP contribution in [0.25, 0.3) is 0 Å². The van der Waals surface area contributed by atoms with Gasteiger partial charge in [-0.1, -0.05) is 20.8 Å². The number of fused-ring (bicyclic) bond motifs is 1. The zero-order valence-electron chi connectivity index (χ0n) is 11.7. The SMILES string of the molecule is CC(C)(C)CC(=O)N1CCn2nc(C(F)(F)F)nc2C1. The number of alkyl halides is 3. The van der Waals surface area contributed by atoms with Gasteiger partial charge in [-0.3, -0.25) is 4.79 Å². The Morgan fingerprint density at radius 2 is 1.90 bits per heavy atom. The molecule has 0 spiro atoms. The minimum absolute atomic E-state index is 0.0692. The third kappa shape index (κ3) is 3.29. The minimum atomic E-state index is -4.55. The number of carbonyl (C=O) groups is 1. The van der Waals surface area contributed by atoms with Crippen molar-refractivity contribution in [1.82, 2.24) is 19.7 Å². The number of nitrogens with zero attached hydrogens (tertiary/aromatic N) is 4. The summed E-state index contributed by atoms with van der Waals surface area (Å²) in [6, 6.07) is 0. The van der Waals surface area contributed by atoms with E-state index in [9.17, 15) is 18.0 Å². The summed E-state index contributed by atoms with van der Waals surface area (Å²) in [4.78, 5) is 17.1. The molecule has 0 aromatic carbocycles. The summed E-state index contributed by atoms with van der Waals surface area (Å²) in [6.45, 7) is 6.52. The van der Waals surface area contributed by atoms with Gasteiger partial charge in [-0.05, 0) is 5.41 Å². The highest BCUT2D eigenvalue weighted by atomic mass is 19.4. The summed E-state index contributed by atoms with van der Waals surface area (Å²) in [6.07, 6.45) is -4.20. The van der Waals surface area contributed by atoms with Crippen LogP contribution < -0.4 is 0 Å². The van der Waals surface area contributed by atoms with Gasteiger partial charge in [0.05, 0.1) is 13.1 Å². The number of aromatic nitrogens is 3. The topological polar surface area (TPSA) is 51.0 Å². The molecule has 0 saturated heterocycles. The van der Waals surface area contributed by atoms with Gasteiger partial charge < -0.3 is 4.90 Å². The van der Waals surface area contributed by atoms with Gasteiger partial charge in [-0.2, -0.15) is 13.2 Å². The molecule has 1 amide bonds. The molecule has 5 nitrogen and oxygen atoms in total. The first-order valence-electron chi connectivity index (χ1n) is 6.35. The molecule has 2 heterocycles. The normalized spacial score (nSPS) is 16.2. The zero-order valence-corrected chi connectivity index (χ0v) is 11.7. The second-order valence-electron chi connectivity index (χ2n) is 6.13. The average Bonchev–Trinajstić information content (AvgIpc) is 2.68. The number of halogens is 3. The standard InChI is InChI=1S/C12H17F3N4O/c1-11(2,3)6-9(20)18-4-5-19-8(7-18)16-10(17-19)12(13,14)15/h4-7H2,1-3H3. The molecule has 0 aliphatic carbocycles. The molecular weight excluding hydrogens is 273 g/mol. The fraction of sp³-hybridized carbons (Fsp3) is 0.750. The largest absolute Gasteiger partial charge is 0.453 e. The molecule has 0 fully saturated rings. The van der Waals surface area contributed by atoms with Crippen LogP contribution >= 0.6 is 0 Å². The van der Waals surface area contributed by atoms with Gasteiger partial charge in [0.2, 0.25) is 5.91 Å². The number of hydrogen-bond donors (Lipinski definition) is 0. The molecular formula is C12H17F3N4O. The Balaban J connectivity index is 2.11. The highest BCUT2D eigenvalue weighted by molar-refractivity contribution is 5.76. The molecule has 1 aromatic heterocycles. The summed E-state index contributed by atoms with van der Waals surface area (Å²) >= 11 is 0. The van der Waals surface area contributed by atoms with Crippen LogP contribution in [0.4, 0.5) is 13.2 Å². The third-order valence-corrected chi connectivity index (χ3v) is 2.95. The van der Waals surface area contributed by atoms with Crippen LogP contribution in [-0.2, 0) is 24.1 Å².